The summed E-state index contributed by atoms with van der Waals surface area (Å²) >= 11 is 0. The average Bonchev–Trinajstić information content (AvgIpc) is 1.91. The van der Waals surface area contributed by atoms with E-state index in [0.29, 0.717) is 0 Å². The van der Waals surface area contributed by atoms with E-state index in [1.165, 1.54) is 0 Å². The van der Waals surface area contributed by atoms with Gasteiger partial charge in [-0.2, -0.15) is 8.42 Å². The third-order valence-electron chi connectivity index (χ3n) is 2.31. The molecule has 0 radical (unpaired) electrons. The predicted molar refractivity (Wildman–Crippen MR) is 45.2 cm³/mol. The Bertz CT molecular complexity index is 240. The van der Waals surface area contributed by atoms with Crippen molar-refractivity contribution >= 4 is 10.2 Å². The SMILES string of the molecule is CN1CCCCC1CS(=O)(=O)F. The van der Waals surface area contributed by atoms with Gasteiger partial charge in [0.1, 0.15) is 0 Å². The Labute approximate surface area is 72.8 Å². The molecule has 3 nitrogen and oxygen atoms in total. The molecule has 1 fully saturated rings. The zero-order valence-electron chi connectivity index (χ0n) is 7.16. The van der Waals surface area contributed by atoms with Crippen molar-refractivity contribution in [3.63, 3.8) is 0 Å². The maximum Gasteiger partial charge on any atom is 0.303 e. The lowest BCUT2D eigenvalue weighted by molar-refractivity contribution is 0.201. The maximum atomic E-state index is 12.3. The zero-order chi connectivity index (χ0) is 9.19. The van der Waals surface area contributed by atoms with E-state index in [1.54, 1.807) is 0 Å². The Morgan fingerprint density at radius 2 is 2.17 bits per heavy atom. The van der Waals surface area contributed by atoms with Gasteiger partial charge in [-0.15, -0.1) is 3.89 Å². The first kappa shape index (κ1) is 9.92. The number of halogens is 1. The lowest BCUT2D eigenvalue weighted by Gasteiger charge is -2.31. The second-order valence-electron chi connectivity index (χ2n) is 3.34. The van der Waals surface area contributed by atoms with Gasteiger partial charge < -0.3 is 4.90 Å². The monoisotopic (exact) mass is 195 g/mol. The minimum Gasteiger partial charge on any atom is -0.302 e. The quantitative estimate of drug-likeness (QED) is 0.611. The molecule has 0 aliphatic carbocycles. The van der Waals surface area contributed by atoms with Crippen LogP contribution >= 0.6 is 0 Å². The first-order valence-corrected chi connectivity index (χ1v) is 5.67. The molecule has 12 heavy (non-hydrogen) atoms. The van der Waals surface area contributed by atoms with E-state index in [4.69, 9.17) is 0 Å². The number of likely N-dealkylation sites (tertiary alicyclic amines) is 1. The molecule has 1 aliphatic heterocycles. The Morgan fingerprint density at radius 1 is 1.50 bits per heavy atom. The van der Waals surface area contributed by atoms with Gasteiger partial charge in [0.15, 0.2) is 0 Å². The van der Waals surface area contributed by atoms with Crippen molar-refractivity contribution < 1.29 is 12.3 Å². The molecule has 1 saturated heterocycles. The molecule has 0 saturated carbocycles. The zero-order valence-corrected chi connectivity index (χ0v) is 7.98. The summed E-state index contributed by atoms with van der Waals surface area (Å²) in [5.74, 6) is -0.344. The van der Waals surface area contributed by atoms with Crippen LogP contribution in [0.2, 0.25) is 0 Å². The van der Waals surface area contributed by atoms with Crippen LogP contribution in [0.4, 0.5) is 3.89 Å². The maximum absolute atomic E-state index is 12.3. The van der Waals surface area contributed by atoms with Crippen molar-refractivity contribution in [3.8, 4) is 0 Å². The molecule has 1 aliphatic rings. The molecule has 1 heterocycles. The van der Waals surface area contributed by atoms with Crippen LogP contribution in [0.5, 0.6) is 0 Å². The Kier molecular flexibility index (Phi) is 3.06. The lowest BCUT2D eigenvalue weighted by atomic mass is 10.1. The fraction of sp³-hybridized carbons (Fsp3) is 1.00. The van der Waals surface area contributed by atoms with Gasteiger partial charge in [0.25, 0.3) is 0 Å². The molecule has 1 unspecified atom stereocenters. The molecule has 0 bridgehead atoms. The average molecular weight is 195 g/mol. The molecule has 72 valence electrons. The lowest BCUT2D eigenvalue weighted by Crippen LogP contribution is -2.40. The fourth-order valence-electron chi connectivity index (χ4n) is 1.58. The summed E-state index contributed by atoms with van der Waals surface area (Å²) in [6.07, 6.45) is 2.88. The normalized spacial score (nSPS) is 27.3. The third-order valence-corrected chi connectivity index (χ3v) is 3.10. The Morgan fingerprint density at radius 3 is 2.67 bits per heavy atom. The summed E-state index contributed by atoms with van der Waals surface area (Å²) in [4.78, 5) is 1.92. The highest BCUT2D eigenvalue weighted by Crippen LogP contribution is 2.16. The van der Waals surface area contributed by atoms with Crippen LogP contribution < -0.4 is 0 Å². The number of hydrogen-bond acceptors (Lipinski definition) is 3. The van der Waals surface area contributed by atoms with E-state index < -0.39 is 10.2 Å². The summed E-state index contributed by atoms with van der Waals surface area (Å²) < 4.78 is 33.0. The Hall–Kier alpha value is -0.160. The summed E-state index contributed by atoms with van der Waals surface area (Å²) in [6, 6.07) is -0.117. The number of piperidine rings is 1. The molecule has 0 amide bonds. The molecule has 1 rings (SSSR count). The standard InChI is InChI=1S/C7H14FNO2S/c1-9-5-3-2-4-7(9)6-12(8,10)11/h7H,2-6H2,1H3. The van der Waals surface area contributed by atoms with Gasteiger partial charge in [-0.1, -0.05) is 6.42 Å². The summed E-state index contributed by atoms with van der Waals surface area (Å²) in [6.45, 7) is 0.875. The molecular formula is C7H14FNO2S. The second-order valence-corrected chi connectivity index (χ2v) is 4.75. The van der Waals surface area contributed by atoms with E-state index in [1.807, 2.05) is 11.9 Å². The minimum atomic E-state index is -4.30. The highest BCUT2D eigenvalue weighted by Gasteiger charge is 2.24. The van der Waals surface area contributed by atoms with E-state index in [0.717, 1.165) is 25.8 Å². The summed E-state index contributed by atoms with van der Waals surface area (Å²) in [5, 5.41) is 0. The third kappa shape index (κ3) is 3.06. The van der Waals surface area contributed by atoms with E-state index >= 15 is 0 Å². The van der Waals surface area contributed by atoms with Gasteiger partial charge in [-0.05, 0) is 26.4 Å². The molecule has 0 aromatic carbocycles. The van der Waals surface area contributed by atoms with E-state index in [9.17, 15) is 12.3 Å². The van der Waals surface area contributed by atoms with Gasteiger partial charge in [0.2, 0.25) is 0 Å². The van der Waals surface area contributed by atoms with Crippen molar-refractivity contribution in [2.24, 2.45) is 0 Å². The van der Waals surface area contributed by atoms with Crippen LogP contribution in [0.15, 0.2) is 0 Å². The molecule has 0 aromatic rings. The van der Waals surface area contributed by atoms with Crippen LogP contribution in [0.25, 0.3) is 0 Å². The smallest absolute Gasteiger partial charge is 0.302 e. The van der Waals surface area contributed by atoms with Crippen LogP contribution in [0.3, 0.4) is 0 Å². The molecule has 0 aromatic heterocycles. The predicted octanol–water partition coefficient (Wildman–Crippen LogP) is 0.770. The van der Waals surface area contributed by atoms with Crippen LogP contribution in [0.1, 0.15) is 19.3 Å². The van der Waals surface area contributed by atoms with Crippen molar-refractivity contribution in [1.29, 1.82) is 0 Å². The van der Waals surface area contributed by atoms with Gasteiger partial charge in [0.05, 0.1) is 5.75 Å². The molecular weight excluding hydrogens is 181 g/mol. The molecule has 1 atom stereocenters. The molecule has 0 spiro atoms. The van der Waals surface area contributed by atoms with Gasteiger partial charge >= 0.3 is 10.2 Å². The van der Waals surface area contributed by atoms with Crippen molar-refractivity contribution in [3.05, 3.63) is 0 Å². The van der Waals surface area contributed by atoms with Crippen LogP contribution in [0, 0.1) is 0 Å². The first-order chi connectivity index (χ1) is 5.49. The largest absolute Gasteiger partial charge is 0.303 e. The van der Waals surface area contributed by atoms with Crippen LogP contribution in [-0.2, 0) is 10.2 Å². The van der Waals surface area contributed by atoms with Crippen LogP contribution in [-0.4, -0.2) is 38.7 Å². The van der Waals surface area contributed by atoms with Gasteiger partial charge in [-0.3, -0.25) is 0 Å². The number of hydrogen-bond donors (Lipinski definition) is 0. The topological polar surface area (TPSA) is 37.4 Å². The minimum absolute atomic E-state index is 0.117. The number of nitrogens with zero attached hydrogens (tertiary/aromatic N) is 1. The second kappa shape index (κ2) is 3.70. The van der Waals surface area contributed by atoms with E-state index in [2.05, 4.69) is 0 Å². The summed E-state index contributed by atoms with van der Waals surface area (Å²) in [7, 11) is -2.46. The van der Waals surface area contributed by atoms with Crippen molar-refractivity contribution in [2.75, 3.05) is 19.3 Å². The van der Waals surface area contributed by atoms with E-state index in [-0.39, 0.29) is 11.8 Å². The van der Waals surface area contributed by atoms with Gasteiger partial charge in [-0.25, -0.2) is 0 Å². The number of rotatable bonds is 2. The van der Waals surface area contributed by atoms with Gasteiger partial charge in [0, 0.05) is 6.04 Å². The fourth-order valence-corrected chi connectivity index (χ4v) is 2.47. The molecule has 0 N–H and O–H groups in total. The molecule has 5 heteroatoms. The summed E-state index contributed by atoms with van der Waals surface area (Å²) in [5.41, 5.74) is 0. The first-order valence-electron chi connectivity index (χ1n) is 4.11. The Balaban J connectivity index is 2.50. The van der Waals surface area contributed by atoms with Crippen molar-refractivity contribution in [2.45, 2.75) is 25.3 Å². The van der Waals surface area contributed by atoms with Crippen molar-refractivity contribution in [1.82, 2.24) is 4.90 Å². The highest BCUT2D eigenvalue weighted by atomic mass is 32.3. The highest BCUT2D eigenvalue weighted by molar-refractivity contribution is 7.86.